The average molecular weight is 208 g/mol. The van der Waals surface area contributed by atoms with Crippen LogP contribution in [-0.4, -0.2) is 13.0 Å². The van der Waals surface area contributed by atoms with Crippen LogP contribution in [0.5, 0.6) is 0 Å². The molecule has 0 bridgehead atoms. The lowest BCUT2D eigenvalue weighted by atomic mass is 10.1. The highest BCUT2D eigenvalue weighted by Crippen LogP contribution is 2.05. The van der Waals surface area contributed by atoms with Crippen LogP contribution in [0.15, 0.2) is 30.3 Å². The van der Waals surface area contributed by atoms with Crippen LogP contribution in [0.25, 0.3) is 0 Å². The van der Waals surface area contributed by atoms with Crippen LogP contribution in [0, 0.1) is 0 Å². The second-order valence-corrected chi connectivity index (χ2v) is 3.16. The predicted molar refractivity (Wildman–Crippen MR) is 63.3 cm³/mol. The van der Waals surface area contributed by atoms with Gasteiger partial charge in [0.25, 0.3) is 0 Å². The number of hydrogen-bond acceptors (Lipinski definition) is 2. The zero-order valence-electron chi connectivity index (χ0n) is 9.28. The molecule has 0 heterocycles. The van der Waals surface area contributed by atoms with E-state index >= 15 is 0 Å². The topological polar surface area (TPSA) is 69.1 Å². The molecule has 1 rings (SSSR count). The molecular formula is C12H20N2O. The standard InChI is InChI=1S/C11H15NO.CH5N/c12-11(13)9-5-4-8-10-6-2-1-3-7-10;1-2/h1-3,6-7H,4-5,8-9H2,(H2,12,13);2H2,1H3. The van der Waals surface area contributed by atoms with Gasteiger partial charge in [-0.05, 0) is 31.9 Å². The zero-order valence-corrected chi connectivity index (χ0v) is 9.28. The third-order valence-corrected chi connectivity index (χ3v) is 1.98. The molecule has 1 aromatic rings. The number of benzene rings is 1. The fraction of sp³-hybridized carbons (Fsp3) is 0.417. The highest BCUT2D eigenvalue weighted by atomic mass is 16.1. The SMILES string of the molecule is CN.NC(=O)CCCCc1ccccc1. The molecule has 84 valence electrons. The smallest absolute Gasteiger partial charge is 0.217 e. The van der Waals surface area contributed by atoms with Gasteiger partial charge in [-0.3, -0.25) is 4.79 Å². The molecule has 0 aliphatic rings. The number of primary amides is 1. The Balaban J connectivity index is 0.000000921. The molecule has 0 unspecified atom stereocenters. The van der Waals surface area contributed by atoms with Crippen molar-refractivity contribution in [2.45, 2.75) is 25.7 Å². The van der Waals surface area contributed by atoms with Gasteiger partial charge in [0, 0.05) is 6.42 Å². The fourth-order valence-corrected chi connectivity index (χ4v) is 1.27. The zero-order chi connectivity index (χ0) is 11.5. The molecular weight excluding hydrogens is 188 g/mol. The van der Waals surface area contributed by atoms with Crippen LogP contribution in [0.1, 0.15) is 24.8 Å². The van der Waals surface area contributed by atoms with Gasteiger partial charge in [0.2, 0.25) is 5.91 Å². The van der Waals surface area contributed by atoms with E-state index in [0.717, 1.165) is 19.3 Å². The highest BCUT2D eigenvalue weighted by molar-refractivity contribution is 5.73. The molecule has 3 nitrogen and oxygen atoms in total. The first-order chi connectivity index (χ1) is 7.29. The number of carbonyl (C=O) groups is 1. The molecule has 1 amide bonds. The molecule has 0 aromatic heterocycles. The molecule has 3 heteroatoms. The van der Waals surface area contributed by atoms with E-state index in [4.69, 9.17) is 5.73 Å². The summed E-state index contributed by atoms with van der Waals surface area (Å²) < 4.78 is 0. The van der Waals surface area contributed by atoms with E-state index in [0.29, 0.717) is 6.42 Å². The first kappa shape index (κ1) is 13.7. The van der Waals surface area contributed by atoms with Crippen molar-refractivity contribution in [3.8, 4) is 0 Å². The Morgan fingerprint density at radius 3 is 2.27 bits per heavy atom. The first-order valence-corrected chi connectivity index (χ1v) is 5.19. The fourth-order valence-electron chi connectivity index (χ4n) is 1.27. The van der Waals surface area contributed by atoms with E-state index in [-0.39, 0.29) is 5.91 Å². The second kappa shape index (κ2) is 9.21. The summed E-state index contributed by atoms with van der Waals surface area (Å²) in [5.41, 5.74) is 10.9. The molecule has 1 aromatic carbocycles. The molecule has 0 fully saturated rings. The summed E-state index contributed by atoms with van der Waals surface area (Å²) in [6.07, 6.45) is 3.47. The van der Waals surface area contributed by atoms with Gasteiger partial charge in [-0.25, -0.2) is 0 Å². The molecule has 0 spiro atoms. The van der Waals surface area contributed by atoms with Crippen LogP contribution in [0.3, 0.4) is 0 Å². The first-order valence-electron chi connectivity index (χ1n) is 5.19. The van der Waals surface area contributed by atoms with Crippen LogP contribution < -0.4 is 11.5 Å². The van der Waals surface area contributed by atoms with Gasteiger partial charge in [-0.1, -0.05) is 30.3 Å². The summed E-state index contributed by atoms with van der Waals surface area (Å²) in [6, 6.07) is 10.3. The number of nitrogens with two attached hydrogens (primary N) is 2. The van der Waals surface area contributed by atoms with Crippen LogP contribution in [-0.2, 0) is 11.2 Å². The third-order valence-electron chi connectivity index (χ3n) is 1.98. The molecule has 4 N–H and O–H groups in total. The third kappa shape index (κ3) is 7.70. The van der Waals surface area contributed by atoms with Crippen molar-refractivity contribution < 1.29 is 4.79 Å². The number of rotatable bonds is 5. The van der Waals surface area contributed by atoms with Crippen molar-refractivity contribution in [3.05, 3.63) is 35.9 Å². The number of hydrogen-bond donors (Lipinski definition) is 2. The Hall–Kier alpha value is -1.35. The molecule has 0 radical (unpaired) electrons. The molecule has 0 saturated heterocycles. The highest BCUT2D eigenvalue weighted by Gasteiger charge is 1.95. The van der Waals surface area contributed by atoms with Crippen LogP contribution in [0.2, 0.25) is 0 Å². The molecule has 15 heavy (non-hydrogen) atoms. The van der Waals surface area contributed by atoms with Gasteiger partial charge in [-0.15, -0.1) is 0 Å². The molecule has 0 aliphatic carbocycles. The van der Waals surface area contributed by atoms with E-state index < -0.39 is 0 Å². The van der Waals surface area contributed by atoms with Crippen molar-refractivity contribution in [2.24, 2.45) is 11.5 Å². The van der Waals surface area contributed by atoms with Crippen LogP contribution >= 0.6 is 0 Å². The molecule has 0 saturated carbocycles. The minimum Gasteiger partial charge on any atom is -0.370 e. The van der Waals surface area contributed by atoms with Gasteiger partial charge in [0.05, 0.1) is 0 Å². The Morgan fingerprint density at radius 2 is 1.73 bits per heavy atom. The van der Waals surface area contributed by atoms with Crippen molar-refractivity contribution in [2.75, 3.05) is 7.05 Å². The van der Waals surface area contributed by atoms with Gasteiger partial charge >= 0.3 is 0 Å². The summed E-state index contributed by atoms with van der Waals surface area (Å²) in [6.45, 7) is 0. The lowest BCUT2D eigenvalue weighted by molar-refractivity contribution is -0.118. The van der Waals surface area contributed by atoms with Crippen molar-refractivity contribution in [1.82, 2.24) is 0 Å². The Labute approximate surface area is 91.5 Å². The van der Waals surface area contributed by atoms with Crippen molar-refractivity contribution in [3.63, 3.8) is 0 Å². The van der Waals surface area contributed by atoms with Gasteiger partial charge in [0.15, 0.2) is 0 Å². The Kier molecular flexibility index (Phi) is 8.39. The number of unbranched alkanes of at least 4 members (excludes halogenated alkanes) is 1. The van der Waals surface area contributed by atoms with Gasteiger partial charge in [0.1, 0.15) is 0 Å². The number of carbonyl (C=O) groups excluding carboxylic acids is 1. The normalized spacial score (nSPS) is 8.93. The van der Waals surface area contributed by atoms with Gasteiger partial charge < -0.3 is 11.5 Å². The summed E-state index contributed by atoms with van der Waals surface area (Å²) in [5, 5.41) is 0. The number of aryl methyl sites for hydroxylation is 1. The summed E-state index contributed by atoms with van der Waals surface area (Å²) in [4.78, 5) is 10.4. The minimum absolute atomic E-state index is 0.201. The monoisotopic (exact) mass is 208 g/mol. The average Bonchev–Trinajstić information content (AvgIpc) is 2.28. The molecule has 0 aliphatic heterocycles. The van der Waals surface area contributed by atoms with E-state index in [1.54, 1.807) is 0 Å². The van der Waals surface area contributed by atoms with Crippen molar-refractivity contribution >= 4 is 5.91 Å². The lowest BCUT2D eigenvalue weighted by Crippen LogP contribution is -2.09. The minimum atomic E-state index is -0.201. The predicted octanol–water partition coefficient (Wildman–Crippen LogP) is 1.46. The van der Waals surface area contributed by atoms with E-state index in [1.165, 1.54) is 12.6 Å². The van der Waals surface area contributed by atoms with E-state index in [9.17, 15) is 4.79 Å². The maximum atomic E-state index is 10.4. The number of amides is 1. The quantitative estimate of drug-likeness (QED) is 0.719. The Bertz CT molecular complexity index is 260. The maximum absolute atomic E-state index is 10.4. The largest absolute Gasteiger partial charge is 0.370 e. The summed E-state index contributed by atoms with van der Waals surface area (Å²) in [5.74, 6) is -0.201. The van der Waals surface area contributed by atoms with Crippen LogP contribution in [0.4, 0.5) is 0 Å². The maximum Gasteiger partial charge on any atom is 0.217 e. The summed E-state index contributed by atoms with van der Waals surface area (Å²) >= 11 is 0. The second-order valence-electron chi connectivity index (χ2n) is 3.16. The lowest BCUT2D eigenvalue weighted by Gasteiger charge is -1.99. The van der Waals surface area contributed by atoms with E-state index in [2.05, 4.69) is 17.9 Å². The summed E-state index contributed by atoms with van der Waals surface area (Å²) in [7, 11) is 1.50. The Morgan fingerprint density at radius 1 is 1.13 bits per heavy atom. The van der Waals surface area contributed by atoms with Gasteiger partial charge in [-0.2, -0.15) is 0 Å². The van der Waals surface area contributed by atoms with Crippen molar-refractivity contribution in [1.29, 1.82) is 0 Å². The molecule has 0 atom stereocenters. The van der Waals surface area contributed by atoms with E-state index in [1.807, 2.05) is 18.2 Å².